The Morgan fingerprint density at radius 3 is 2.86 bits per heavy atom. The second-order valence-corrected chi connectivity index (χ2v) is 6.28. The summed E-state index contributed by atoms with van der Waals surface area (Å²) in [6.07, 6.45) is 6.00. The SMILES string of the molecule is O=[N+]([O-])c1ccc(Cl)cc1OC1CCOC2(CCCC2)C1. The lowest BCUT2D eigenvalue weighted by Crippen LogP contribution is -2.41. The van der Waals surface area contributed by atoms with Gasteiger partial charge < -0.3 is 9.47 Å². The molecule has 1 aliphatic heterocycles. The van der Waals surface area contributed by atoms with Gasteiger partial charge >= 0.3 is 5.69 Å². The van der Waals surface area contributed by atoms with E-state index < -0.39 is 4.92 Å². The Balaban J connectivity index is 1.77. The van der Waals surface area contributed by atoms with Crippen LogP contribution in [0.4, 0.5) is 5.69 Å². The molecule has 1 saturated carbocycles. The molecule has 2 aliphatic rings. The number of halogens is 1. The molecule has 1 spiro atoms. The summed E-state index contributed by atoms with van der Waals surface area (Å²) in [7, 11) is 0. The normalized spacial score (nSPS) is 24.1. The molecule has 6 heteroatoms. The number of hydrogen-bond donors (Lipinski definition) is 0. The number of nitro benzene ring substituents is 1. The summed E-state index contributed by atoms with van der Waals surface area (Å²) >= 11 is 5.93. The zero-order valence-electron chi connectivity index (χ0n) is 11.7. The molecule has 1 unspecified atom stereocenters. The Hall–Kier alpha value is -1.33. The quantitative estimate of drug-likeness (QED) is 0.622. The minimum atomic E-state index is -0.434. The molecular formula is C15H18ClNO4. The molecule has 1 aromatic rings. The maximum Gasteiger partial charge on any atom is 0.311 e. The van der Waals surface area contributed by atoms with Gasteiger partial charge in [0.2, 0.25) is 0 Å². The van der Waals surface area contributed by atoms with Crippen LogP contribution in [0.5, 0.6) is 5.75 Å². The molecule has 1 atom stereocenters. The Morgan fingerprint density at radius 1 is 1.38 bits per heavy atom. The van der Waals surface area contributed by atoms with Gasteiger partial charge in [0.05, 0.1) is 17.1 Å². The zero-order chi connectivity index (χ0) is 14.9. The van der Waals surface area contributed by atoms with Gasteiger partial charge in [-0.05, 0) is 18.9 Å². The monoisotopic (exact) mass is 311 g/mol. The van der Waals surface area contributed by atoms with Gasteiger partial charge in [-0.3, -0.25) is 10.1 Å². The third kappa shape index (κ3) is 3.14. The van der Waals surface area contributed by atoms with E-state index in [-0.39, 0.29) is 23.1 Å². The van der Waals surface area contributed by atoms with Gasteiger partial charge in [-0.2, -0.15) is 0 Å². The van der Waals surface area contributed by atoms with Gasteiger partial charge in [-0.1, -0.05) is 24.4 Å². The van der Waals surface area contributed by atoms with Crippen molar-refractivity contribution >= 4 is 17.3 Å². The highest BCUT2D eigenvalue weighted by molar-refractivity contribution is 6.30. The Kier molecular flexibility index (Phi) is 4.04. The molecule has 3 rings (SSSR count). The zero-order valence-corrected chi connectivity index (χ0v) is 12.5. The number of benzene rings is 1. The van der Waals surface area contributed by atoms with Crippen molar-refractivity contribution in [1.82, 2.24) is 0 Å². The third-order valence-electron chi connectivity index (χ3n) is 4.37. The summed E-state index contributed by atoms with van der Waals surface area (Å²) in [5.41, 5.74) is -0.109. The molecule has 21 heavy (non-hydrogen) atoms. The number of nitro groups is 1. The Morgan fingerprint density at radius 2 is 2.14 bits per heavy atom. The highest BCUT2D eigenvalue weighted by Gasteiger charge is 2.41. The molecule has 0 amide bonds. The molecule has 0 bridgehead atoms. The number of hydrogen-bond acceptors (Lipinski definition) is 4. The van der Waals surface area contributed by atoms with E-state index >= 15 is 0 Å². The lowest BCUT2D eigenvalue weighted by atomic mass is 9.90. The van der Waals surface area contributed by atoms with Gasteiger partial charge in [-0.25, -0.2) is 0 Å². The fraction of sp³-hybridized carbons (Fsp3) is 0.600. The standard InChI is InChI=1S/C15H18ClNO4/c16-11-3-4-13(17(18)19)14(9-11)21-12-5-8-20-15(10-12)6-1-2-7-15/h3-4,9,12H,1-2,5-8,10H2. The van der Waals surface area contributed by atoms with E-state index in [9.17, 15) is 10.1 Å². The molecule has 1 saturated heterocycles. The molecular weight excluding hydrogens is 294 g/mol. The smallest absolute Gasteiger partial charge is 0.311 e. The van der Waals surface area contributed by atoms with E-state index in [2.05, 4.69) is 0 Å². The van der Waals surface area contributed by atoms with Crippen molar-refractivity contribution in [3.05, 3.63) is 33.3 Å². The molecule has 0 aromatic heterocycles. The lowest BCUT2D eigenvalue weighted by molar-refractivity contribution is -0.386. The van der Waals surface area contributed by atoms with Gasteiger partial charge in [0, 0.05) is 30.0 Å². The van der Waals surface area contributed by atoms with Crippen molar-refractivity contribution < 1.29 is 14.4 Å². The van der Waals surface area contributed by atoms with Crippen LogP contribution in [-0.4, -0.2) is 23.2 Å². The van der Waals surface area contributed by atoms with E-state index in [1.54, 1.807) is 0 Å². The first-order valence-corrected chi connectivity index (χ1v) is 7.70. The van der Waals surface area contributed by atoms with Crippen LogP contribution < -0.4 is 4.74 Å². The van der Waals surface area contributed by atoms with Crippen molar-refractivity contribution in [1.29, 1.82) is 0 Å². The first kappa shape index (κ1) is 14.6. The van der Waals surface area contributed by atoms with Gasteiger partial charge in [0.1, 0.15) is 6.10 Å². The molecule has 1 aromatic carbocycles. The highest BCUT2D eigenvalue weighted by Crippen LogP contribution is 2.42. The van der Waals surface area contributed by atoms with Crippen molar-refractivity contribution in [2.45, 2.75) is 50.2 Å². The van der Waals surface area contributed by atoms with Crippen LogP contribution in [0.1, 0.15) is 38.5 Å². The van der Waals surface area contributed by atoms with E-state index in [1.807, 2.05) is 0 Å². The molecule has 2 fully saturated rings. The second kappa shape index (κ2) is 5.81. The fourth-order valence-electron chi connectivity index (χ4n) is 3.36. The summed E-state index contributed by atoms with van der Waals surface area (Å²) in [6.45, 7) is 0.652. The number of rotatable bonds is 3. The molecule has 5 nitrogen and oxygen atoms in total. The van der Waals surface area contributed by atoms with Crippen LogP contribution in [0.3, 0.4) is 0 Å². The predicted molar refractivity (Wildman–Crippen MR) is 78.9 cm³/mol. The summed E-state index contributed by atoms with van der Waals surface area (Å²) in [5, 5.41) is 11.5. The van der Waals surface area contributed by atoms with Crippen LogP contribution in [-0.2, 0) is 4.74 Å². The maximum absolute atomic E-state index is 11.1. The minimum Gasteiger partial charge on any atom is -0.483 e. The van der Waals surface area contributed by atoms with Crippen LogP contribution >= 0.6 is 11.6 Å². The van der Waals surface area contributed by atoms with Crippen molar-refractivity contribution in [2.24, 2.45) is 0 Å². The summed E-state index contributed by atoms with van der Waals surface area (Å²) in [6, 6.07) is 4.42. The van der Waals surface area contributed by atoms with E-state index in [0.29, 0.717) is 11.6 Å². The highest BCUT2D eigenvalue weighted by atomic mass is 35.5. The van der Waals surface area contributed by atoms with Crippen molar-refractivity contribution in [2.75, 3.05) is 6.61 Å². The largest absolute Gasteiger partial charge is 0.483 e. The van der Waals surface area contributed by atoms with Crippen molar-refractivity contribution in [3.63, 3.8) is 0 Å². The van der Waals surface area contributed by atoms with Gasteiger partial charge in [0.15, 0.2) is 5.75 Å². The van der Waals surface area contributed by atoms with Crippen LogP contribution in [0.15, 0.2) is 18.2 Å². The average molecular weight is 312 g/mol. The summed E-state index contributed by atoms with van der Waals surface area (Å²) < 4.78 is 11.9. The average Bonchev–Trinajstić information content (AvgIpc) is 2.86. The number of nitrogens with zero attached hydrogens (tertiary/aromatic N) is 1. The second-order valence-electron chi connectivity index (χ2n) is 5.84. The fourth-order valence-corrected chi connectivity index (χ4v) is 3.53. The van der Waals surface area contributed by atoms with E-state index in [0.717, 1.165) is 25.7 Å². The topological polar surface area (TPSA) is 61.6 Å². The first-order valence-electron chi connectivity index (χ1n) is 7.33. The third-order valence-corrected chi connectivity index (χ3v) is 4.61. The van der Waals surface area contributed by atoms with Crippen LogP contribution in [0, 0.1) is 10.1 Å². The van der Waals surface area contributed by atoms with Crippen LogP contribution in [0.25, 0.3) is 0 Å². The maximum atomic E-state index is 11.1. The Bertz CT molecular complexity index is 542. The summed E-state index contributed by atoms with van der Waals surface area (Å²) in [4.78, 5) is 10.6. The van der Waals surface area contributed by atoms with Crippen molar-refractivity contribution in [3.8, 4) is 5.75 Å². The lowest BCUT2D eigenvalue weighted by Gasteiger charge is -2.38. The molecule has 0 N–H and O–H groups in total. The van der Waals surface area contributed by atoms with E-state index in [1.165, 1.54) is 31.0 Å². The molecule has 114 valence electrons. The molecule has 0 radical (unpaired) electrons. The number of ether oxygens (including phenoxy) is 2. The van der Waals surface area contributed by atoms with Gasteiger partial charge in [-0.15, -0.1) is 0 Å². The minimum absolute atomic E-state index is 0.0358. The molecule has 1 aliphatic carbocycles. The van der Waals surface area contributed by atoms with Gasteiger partial charge in [0.25, 0.3) is 0 Å². The van der Waals surface area contributed by atoms with E-state index in [4.69, 9.17) is 21.1 Å². The summed E-state index contributed by atoms with van der Waals surface area (Å²) in [5.74, 6) is 0.257. The first-order chi connectivity index (χ1) is 10.1. The molecule has 1 heterocycles. The van der Waals surface area contributed by atoms with Crippen LogP contribution in [0.2, 0.25) is 5.02 Å². The Labute approximate surface area is 128 Å². The predicted octanol–water partition coefficient (Wildman–Crippen LogP) is 4.12.